The van der Waals surface area contributed by atoms with Crippen LogP contribution in [0.15, 0.2) is 12.1 Å². The van der Waals surface area contributed by atoms with Crippen LogP contribution in [0.3, 0.4) is 0 Å². The van der Waals surface area contributed by atoms with Gasteiger partial charge in [0, 0.05) is 37.9 Å². The van der Waals surface area contributed by atoms with E-state index in [-0.39, 0.29) is 5.91 Å². The molecule has 1 aliphatic heterocycles. The average Bonchev–Trinajstić information content (AvgIpc) is 2.87. The van der Waals surface area contributed by atoms with Crippen LogP contribution in [0, 0.1) is 13.8 Å². The second kappa shape index (κ2) is 5.44. The van der Waals surface area contributed by atoms with Gasteiger partial charge in [0.25, 0.3) is 5.91 Å². The number of fused-ring (bicyclic) bond motifs is 1. The van der Waals surface area contributed by atoms with Crippen LogP contribution >= 0.6 is 0 Å². The standard InChI is InChI=1S/C15H21N5O/c1-4-18-5-7-19(8-6-18)15(21)13-10-12(3)20-14(16-13)9-11(2)17-20/h9-10H,4-8H2,1-3H3. The highest BCUT2D eigenvalue weighted by Gasteiger charge is 2.23. The van der Waals surface area contributed by atoms with E-state index in [9.17, 15) is 4.79 Å². The number of piperazine rings is 1. The SMILES string of the molecule is CCN1CCN(C(=O)c2cc(C)n3nc(C)cc3n2)CC1. The first kappa shape index (κ1) is 14.0. The minimum absolute atomic E-state index is 0.0233. The summed E-state index contributed by atoms with van der Waals surface area (Å²) in [6.45, 7) is 10.5. The number of nitrogens with zero attached hydrogens (tertiary/aromatic N) is 5. The molecule has 3 heterocycles. The summed E-state index contributed by atoms with van der Waals surface area (Å²) in [7, 11) is 0. The molecule has 0 bridgehead atoms. The first-order chi connectivity index (χ1) is 10.1. The molecular weight excluding hydrogens is 266 g/mol. The van der Waals surface area contributed by atoms with Crippen molar-refractivity contribution < 1.29 is 4.79 Å². The normalized spacial score (nSPS) is 16.6. The summed E-state index contributed by atoms with van der Waals surface area (Å²) in [5.41, 5.74) is 3.10. The molecule has 0 saturated carbocycles. The van der Waals surface area contributed by atoms with E-state index in [0.29, 0.717) is 5.69 Å². The zero-order chi connectivity index (χ0) is 15.0. The Kier molecular flexibility index (Phi) is 3.63. The molecule has 1 amide bonds. The van der Waals surface area contributed by atoms with Gasteiger partial charge in [-0.1, -0.05) is 6.92 Å². The molecule has 3 rings (SSSR count). The van der Waals surface area contributed by atoms with Crippen molar-refractivity contribution in [1.29, 1.82) is 0 Å². The molecule has 0 atom stereocenters. The van der Waals surface area contributed by atoms with Crippen molar-refractivity contribution in [2.45, 2.75) is 20.8 Å². The van der Waals surface area contributed by atoms with E-state index in [1.54, 1.807) is 4.52 Å². The van der Waals surface area contributed by atoms with E-state index in [2.05, 4.69) is 21.9 Å². The Labute approximate surface area is 124 Å². The van der Waals surface area contributed by atoms with Crippen molar-refractivity contribution >= 4 is 11.6 Å². The minimum Gasteiger partial charge on any atom is -0.335 e. The Hall–Kier alpha value is -1.95. The number of hydrogen-bond donors (Lipinski definition) is 0. The average molecular weight is 287 g/mol. The molecule has 1 fully saturated rings. The maximum atomic E-state index is 12.6. The summed E-state index contributed by atoms with van der Waals surface area (Å²) >= 11 is 0. The Morgan fingerprint density at radius 2 is 1.90 bits per heavy atom. The van der Waals surface area contributed by atoms with Crippen LogP contribution in [-0.2, 0) is 0 Å². The molecule has 1 aliphatic rings. The Morgan fingerprint density at radius 3 is 2.57 bits per heavy atom. The van der Waals surface area contributed by atoms with Gasteiger partial charge in [-0.2, -0.15) is 5.10 Å². The lowest BCUT2D eigenvalue weighted by molar-refractivity contribution is 0.0637. The summed E-state index contributed by atoms with van der Waals surface area (Å²) in [6, 6.07) is 3.73. The highest BCUT2D eigenvalue weighted by molar-refractivity contribution is 5.93. The van der Waals surface area contributed by atoms with Gasteiger partial charge in [-0.15, -0.1) is 0 Å². The molecular formula is C15H21N5O. The van der Waals surface area contributed by atoms with Crippen molar-refractivity contribution in [3.8, 4) is 0 Å². The molecule has 112 valence electrons. The summed E-state index contributed by atoms with van der Waals surface area (Å²) < 4.78 is 1.78. The number of carbonyl (C=O) groups is 1. The number of rotatable bonds is 2. The molecule has 6 nitrogen and oxygen atoms in total. The molecule has 0 spiro atoms. The topological polar surface area (TPSA) is 53.7 Å². The Bertz CT molecular complexity index is 670. The molecule has 2 aromatic heterocycles. The third kappa shape index (κ3) is 2.63. The second-order valence-corrected chi connectivity index (χ2v) is 5.56. The van der Waals surface area contributed by atoms with Crippen LogP contribution in [0.1, 0.15) is 28.8 Å². The van der Waals surface area contributed by atoms with Crippen LogP contribution in [0.25, 0.3) is 5.65 Å². The maximum Gasteiger partial charge on any atom is 0.272 e. The van der Waals surface area contributed by atoms with Gasteiger partial charge in [0.1, 0.15) is 5.69 Å². The zero-order valence-corrected chi connectivity index (χ0v) is 12.8. The maximum absolute atomic E-state index is 12.6. The molecule has 0 aliphatic carbocycles. The van der Waals surface area contributed by atoms with E-state index in [1.807, 2.05) is 30.9 Å². The van der Waals surface area contributed by atoms with Gasteiger partial charge in [0.15, 0.2) is 5.65 Å². The van der Waals surface area contributed by atoms with Crippen molar-refractivity contribution in [2.75, 3.05) is 32.7 Å². The summed E-state index contributed by atoms with van der Waals surface area (Å²) in [5, 5.41) is 4.37. The molecule has 0 radical (unpaired) electrons. The highest BCUT2D eigenvalue weighted by Crippen LogP contribution is 2.12. The zero-order valence-electron chi connectivity index (χ0n) is 12.8. The van der Waals surface area contributed by atoms with Gasteiger partial charge in [-0.3, -0.25) is 4.79 Å². The Morgan fingerprint density at radius 1 is 1.19 bits per heavy atom. The van der Waals surface area contributed by atoms with Crippen LogP contribution in [0.2, 0.25) is 0 Å². The van der Waals surface area contributed by atoms with Gasteiger partial charge in [-0.05, 0) is 26.5 Å². The molecule has 21 heavy (non-hydrogen) atoms. The number of amides is 1. The number of aromatic nitrogens is 3. The third-order valence-corrected chi connectivity index (χ3v) is 4.05. The van der Waals surface area contributed by atoms with Crippen molar-refractivity contribution in [1.82, 2.24) is 24.4 Å². The van der Waals surface area contributed by atoms with Crippen molar-refractivity contribution in [2.24, 2.45) is 0 Å². The van der Waals surface area contributed by atoms with E-state index >= 15 is 0 Å². The fourth-order valence-electron chi connectivity index (χ4n) is 2.78. The fraction of sp³-hybridized carbons (Fsp3) is 0.533. The number of hydrogen-bond acceptors (Lipinski definition) is 4. The smallest absolute Gasteiger partial charge is 0.272 e. The first-order valence-corrected chi connectivity index (χ1v) is 7.44. The molecule has 0 unspecified atom stereocenters. The van der Waals surface area contributed by atoms with Gasteiger partial charge in [-0.25, -0.2) is 9.50 Å². The van der Waals surface area contributed by atoms with Crippen LogP contribution < -0.4 is 0 Å². The molecule has 0 aromatic carbocycles. The number of aryl methyl sites for hydroxylation is 2. The minimum atomic E-state index is 0.0233. The molecule has 2 aromatic rings. The molecule has 6 heteroatoms. The van der Waals surface area contributed by atoms with E-state index in [0.717, 1.165) is 49.8 Å². The molecule has 0 N–H and O–H groups in total. The van der Waals surface area contributed by atoms with Crippen molar-refractivity contribution in [3.63, 3.8) is 0 Å². The lowest BCUT2D eigenvalue weighted by Crippen LogP contribution is -2.48. The van der Waals surface area contributed by atoms with Gasteiger partial charge in [0.2, 0.25) is 0 Å². The Balaban J connectivity index is 1.85. The summed E-state index contributed by atoms with van der Waals surface area (Å²) in [6.07, 6.45) is 0. The predicted molar refractivity (Wildman–Crippen MR) is 80.5 cm³/mol. The van der Waals surface area contributed by atoms with Crippen LogP contribution in [0.5, 0.6) is 0 Å². The second-order valence-electron chi connectivity index (χ2n) is 5.56. The van der Waals surface area contributed by atoms with Gasteiger partial charge >= 0.3 is 0 Å². The van der Waals surface area contributed by atoms with Crippen LogP contribution in [-0.4, -0.2) is 63.0 Å². The lowest BCUT2D eigenvalue weighted by Gasteiger charge is -2.33. The quantitative estimate of drug-likeness (QED) is 0.831. The lowest BCUT2D eigenvalue weighted by atomic mass is 10.2. The largest absolute Gasteiger partial charge is 0.335 e. The summed E-state index contributed by atoms with van der Waals surface area (Å²) in [4.78, 5) is 21.3. The predicted octanol–water partition coefficient (Wildman–Crippen LogP) is 1.12. The fourth-order valence-corrected chi connectivity index (χ4v) is 2.78. The van der Waals surface area contributed by atoms with Gasteiger partial charge < -0.3 is 9.80 Å². The van der Waals surface area contributed by atoms with Crippen LogP contribution in [0.4, 0.5) is 0 Å². The summed E-state index contributed by atoms with van der Waals surface area (Å²) in [5.74, 6) is 0.0233. The molecule has 1 saturated heterocycles. The van der Waals surface area contributed by atoms with Gasteiger partial charge in [0.05, 0.1) is 5.69 Å². The van der Waals surface area contributed by atoms with E-state index < -0.39 is 0 Å². The van der Waals surface area contributed by atoms with Crippen molar-refractivity contribution in [3.05, 3.63) is 29.2 Å². The highest BCUT2D eigenvalue weighted by atomic mass is 16.2. The van der Waals surface area contributed by atoms with E-state index in [4.69, 9.17) is 0 Å². The third-order valence-electron chi connectivity index (χ3n) is 4.05. The monoisotopic (exact) mass is 287 g/mol. The number of carbonyl (C=O) groups excluding carboxylic acids is 1. The first-order valence-electron chi connectivity index (χ1n) is 7.44. The number of likely N-dealkylation sites (N-methyl/N-ethyl adjacent to an activating group) is 1. The van der Waals surface area contributed by atoms with E-state index in [1.165, 1.54) is 0 Å².